The van der Waals surface area contributed by atoms with Gasteiger partial charge >= 0.3 is 5.97 Å². The Labute approximate surface area is 66.4 Å². The zero-order valence-corrected chi connectivity index (χ0v) is 7.18. The largest absolute Gasteiger partial charge is 0.481 e. The summed E-state index contributed by atoms with van der Waals surface area (Å²) < 4.78 is 4.89. The Hall–Kier alpha value is -0.570. The van der Waals surface area contributed by atoms with Crippen LogP contribution in [0.4, 0.5) is 0 Å². The third-order valence-electron chi connectivity index (χ3n) is 2.71. The molecule has 0 aromatic carbocycles. The summed E-state index contributed by atoms with van der Waals surface area (Å²) in [5.41, 5.74) is -0.698. The molecule has 3 nitrogen and oxygen atoms in total. The van der Waals surface area contributed by atoms with Gasteiger partial charge in [-0.3, -0.25) is 4.79 Å². The number of hydrogen-bond acceptors (Lipinski definition) is 2. The van der Waals surface area contributed by atoms with E-state index in [2.05, 4.69) is 0 Å². The highest BCUT2D eigenvalue weighted by molar-refractivity contribution is 5.80. The summed E-state index contributed by atoms with van der Waals surface area (Å²) in [7, 11) is 1.54. The van der Waals surface area contributed by atoms with E-state index >= 15 is 0 Å². The quantitative estimate of drug-likeness (QED) is 0.669. The Balaban J connectivity index is 2.71. The maximum atomic E-state index is 10.8. The summed E-state index contributed by atoms with van der Waals surface area (Å²) in [4.78, 5) is 10.8. The summed E-state index contributed by atoms with van der Waals surface area (Å²) in [6, 6.07) is 0. The van der Waals surface area contributed by atoms with E-state index < -0.39 is 11.4 Å². The van der Waals surface area contributed by atoms with Crippen molar-refractivity contribution in [1.29, 1.82) is 0 Å². The number of ether oxygens (including phenoxy) is 1. The van der Waals surface area contributed by atoms with Crippen molar-refractivity contribution in [3.05, 3.63) is 0 Å². The molecule has 0 saturated heterocycles. The second-order valence-electron chi connectivity index (χ2n) is 3.88. The van der Waals surface area contributed by atoms with Crippen LogP contribution in [0.5, 0.6) is 0 Å². The number of methoxy groups -OCH3 is 1. The van der Waals surface area contributed by atoms with Gasteiger partial charge in [-0.2, -0.15) is 0 Å². The molecule has 11 heavy (non-hydrogen) atoms. The highest BCUT2D eigenvalue weighted by Gasteiger charge is 2.66. The summed E-state index contributed by atoms with van der Waals surface area (Å²) in [6.07, 6.45) is 0.725. The first-order valence-electron chi connectivity index (χ1n) is 3.69. The van der Waals surface area contributed by atoms with Crippen molar-refractivity contribution in [3.63, 3.8) is 0 Å². The summed E-state index contributed by atoms with van der Waals surface area (Å²) in [5.74, 6) is -0.732. The van der Waals surface area contributed by atoms with Gasteiger partial charge in [-0.05, 0) is 11.8 Å². The zero-order chi connectivity index (χ0) is 8.70. The number of carboxylic acid groups (broad SMARTS) is 1. The van der Waals surface area contributed by atoms with Crippen LogP contribution in [0.2, 0.25) is 0 Å². The molecule has 0 radical (unpaired) electrons. The molecule has 0 aromatic rings. The van der Waals surface area contributed by atoms with Crippen molar-refractivity contribution >= 4 is 5.97 Å². The lowest BCUT2D eigenvalue weighted by Gasteiger charge is -2.13. The van der Waals surface area contributed by atoms with E-state index in [0.717, 1.165) is 6.42 Å². The summed E-state index contributed by atoms with van der Waals surface area (Å²) >= 11 is 0. The first-order chi connectivity index (χ1) is 4.96. The minimum Gasteiger partial charge on any atom is -0.481 e. The van der Waals surface area contributed by atoms with Crippen molar-refractivity contribution in [2.75, 3.05) is 13.7 Å². The standard InChI is InChI=1S/C8H14O3/c1-7(2)4-8(7,5-11-3)6(9)10/h4-5H2,1-3H3,(H,9,10)/t8-/m1/s1. The van der Waals surface area contributed by atoms with Gasteiger partial charge in [0.15, 0.2) is 0 Å². The first kappa shape index (κ1) is 8.53. The van der Waals surface area contributed by atoms with Crippen LogP contribution < -0.4 is 0 Å². The van der Waals surface area contributed by atoms with Crippen LogP contribution in [-0.4, -0.2) is 24.8 Å². The first-order valence-corrected chi connectivity index (χ1v) is 3.69. The molecule has 0 heterocycles. The number of aliphatic carboxylic acids is 1. The second-order valence-corrected chi connectivity index (χ2v) is 3.88. The number of hydrogen-bond donors (Lipinski definition) is 1. The number of rotatable bonds is 3. The van der Waals surface area contributed by atoms with Crippen LogP contribution in [-0.2, 0) is 9.53 Å². The average molecular weight is 158 g/mol. The van der Waals surface area contributed by atoms with Gasteiger partial charge in [-0.15, -0.1) is 0 Å². The molecule has 0 bridgehead atoms. The Morgan fingerprint density at radius 1 is 1.64 bits per heavy atom. The van der Waals surface area contributed by atoms with Crippen LogP contribution >= 0.6 is 0 Å². The van der Waals surface area contributed by atoms with Crippen LogP contribution in [0, 0.1) is 10.8 Å². The van der Waals surface area contributed by atoms with Crippen LogP contribution in [0.1, 0.15) is 20.3 Å². The van der Waals surface area contributed by atoms with Gasteiger partial charge in [0, 0.05) is 7.11 Å². The van der Waals surface area contributed by atoms with Crippen LogP contribution in [0.15, 0.2) is 0 Å². The molecule has 3 heteroatoms. The average Bonchev–Trinajstić information content (AvgIpc) is 2.36. The van der Waals surface area contributed by atoms with Crippen molar-refractivity contribution in [2.24, 2.45) is 10.8 Å². The third kappa shape index (κ3) is 1.03. The Morgan fingerprint density at radius 2 is 2.09 bits per heavy atom. The van der Waals surface area contributed by atoms with Gasteiger partial charge in [0.05, 0.1) is 12.0 Å². The molecule has 0 amide bonds. The molecule has 1 atom stereocenters. The van der Waals surface area contributed by atoms with E-state index in [1.54, 1.807) is 7.11 Å². The molecule has 64 valence electrons. The van der Waals surface area contributed by atoms with Gasteiger partial charge in [0.2, 0.25) is 0 Å². The molecule has 0 aromatic heterocycles. The van der Waals surface area contributed by atoms with Crippen molar-refractivity contribution in [2.45, 2.75) is 20.3 Å². The summed E-state index contributed by atoms with van der Waals surface area (Å²) in [5, 5.41) is 8.89. The molecule has 1 aliphatic rings. The van der Waals surface area contributed by atoms with Gasteiger partial charge in [-0.25, -0.2) is 0 Å². The van der Waals surface area contributed by atoms with Gasteiger partial charge in [0.1, 0.15) is 0 Å². The lowest BCUT2D eigenvalue weighted by molar-refractivity contribution is -0.147. The monoisotopic (exact) mass is 158 g/mol. The van der Waals surface area contributed by atoms with Gasteiger partial charge < -0.3 is 9.84 Å². The van der Waals surface area contributed by atoms with Gasteiger partial charge in [0.25, 0.3) is 0 Å². The van der Waals surface area contributed by atoms with E-state index in [-0.39, 0.29) is 5.41 Å². The molecule has 1 fully saturated rings. The molecular weight excluding hydrogens is 144 g/mol. The van der Waals surface area contributed by atoms with E-state index in [1.807, 2.05) is 13.8 Å². The normalized spacial score (nSPS) is 33.4. The lowest BCUT2D eigenvalue weighted by atomic mass is 9.97. The van der Waals surface area contributed by atoms with E-state index in [0.29, 0.717) is 6.61 Å². The maximum absolute atomic E-state index is 10.8. The predicted molar refractivity (Wildman–Crippen MR) is 40.3 cm³/mol. The third-order valence-corrected chi connectivity index (χ3v) is 2.71. The van der Waals surface area contributed by atoms with Crippen molar-refractivity contribution < 1.29 is 14.6 Å². The summed E-state index contributed by atoms with van der Waals surface area (Å²) in [6.45, 7) is 4.25. The fraction of sp³-hybridized carbons (Fsp3) is 0.875. The minimum absolute atomic E-state index is 0.0884. The molecule has 1 saturated carbocycles. The zero-order valence-electron chi connectivity index (χ0n) is 7.18. The van der Waals surface area contributed by atoms with Crippen molar-refractivity contribution in [3.8, 4) is 0 Å². The molecule has 1 aliphatic carbocycles. The van der Waals surface area contributed by atoms with Crippen molar-refractivity contribution in [1.82, 2.24) is 0 Å². The molecule has 0 spiro atoms. The predicted octanol–water partition coefficient (Wildman–Crippen LogP) is 1.13. The molecule has 0 unspecified atom stereocenters. The Bertz CT molecular complexity index is 186. The van der Waals surface area contributed by atoms with E-state index in [4.69, 9.17) is 9.84 Å². The molecule has 1 rings (SSSR count). The highest BCUT2D eigenvalue weighted by atomic mass is 16.5. The van der Waals surface area contributed by atoms with E-state index in [9.17, 15) is 4.79 Å². The highest BCUT2D eigenvalue weighted by Crippen LogP contribution is 2.63. The second kappa shape index (κ2) is 2.21. The number of carbonyl (C=O) groups is 1. The number of carboxylic acids is 1. The van der Waals surface area contributed by atoms with Crippen LogP contribution in [0.25, 0.3) is 0 Å². The van der Waals surface area contributed by atoms with Gasteiger partial charge in [-0.1, -0.05) is 13.8 Å². The maximum Gasteiger partial charge on any atom is 0.312 e. The Morgan fingerprint density at radius 3 is 2.18 bits per heavy atom. The lowest BCUT2D eigenvalue weighted by Crippen LogP contribution is -2.25. The SMILES string of the molecule is COC[C@@]1(C(=O)O)CC1(C)C. The molecule has 1 N–H and O–H groups in total. The van der Waals surface area contributed by atoms with Crippen LogP contribution in [0.3, 0.4) is 0 Å². The minimum atomic E-state index is -0.732. The fourth-order valence-electron chi connectivity index (χ4n) is 1.63. The fourth-order valence-corrected chi connectivity index (χ4v) is 1.63. The topological polar surface area (TPSA) is 46.5 Å². The van der Waals surface area contributed by atoms with E-state index in [1.165, 1.54) is 0 Å². The Kier molecular flexibility index (Phi) is 1.71. The molecular formula is C8H14O3. The molecule has 0 aliphatic heterocycles. The smallest absolute Gasteiger partial charge is 0.312 e.